The van der Waals surface area contributed by atoms with Crippen molar-refractivity contribution in [3.05, 3.63) is 0 Å². The molecule has 2 rings (SSSR count). The summed E-state index contributed by atoms with van der Waals surface area (Å²) in [7, 11) is 0. The number of likely N-dealkylation sites (tertiary alicyclic amines) is 1. The maximum Gasteiger partial charge on any atom is 0.0789 e. The van der Waals surface area contributed by atoms with Crippen LogP contribution in [0.5, 0.6) is 0 Å². The zero-order chi connectivity index (χ0) is 15.7. The molecule has 1 N–H and O–H groups in total. The molecule has 0 bridgehead atoms. The van der Waals surface area contributed by atoms with E-state index in [1.54, 1.807) is 0 Å². The van der Waals surface area contributed by atoms with E-state index >= 15 is 0 Å². The lowest BCUT2D eigenvalue weighted by molar-refractivity contribution is -0.0829. The fraction of sp³-hybridized carbons (Fsp3) is 1.00. The fourth-order valence-corrected chi connectivity index (χ4v) is 4.37. The minimum Gasteiger partial charge on any atom is -0.368 e. The number of hydrogen-bond donors (Lipinski definition) is 1. The molecule has 2 saturated heterocycles. The Hall–Kier alpha value is -0.120. The van der Waals surface area contributed by atoms with Crippen LogP contribution in [0.3, 0.4) is 0 Å². The molecule has 2 aliphatic heterocycles. The molecule has 124 valence electrons. The standard InChI is InChI=1S/C18H36N2O/c1-7-10-19-14(2)15-8-11-20(12-9-15)16-13-17(3,4)21-18(16,5)6/h14-16,19H,7-13H2,1-6H3. The highest BCUT2D eigenvalue weighted by Gasteiger charge is 2.48. The zero-order valence-electron chi connectivity index (χ0n) is 15.0. The van der Waals surface area contributed by atoms with Crippen LogP contribution in [0.1, 0.15) is 67.2 Å². The summed E-state index contributed by atoms with van der Waals surface area (Å²) in [4.78, 5) is 2.69. The number of rotatable bonds is 5. The van der Waals surface area contributed by atoms with Gasteiger partial charge in [0.2, 0.25) is 0 Å². The van der Waals surface area contributed by atoms with E-state index in [1.165, 1.54) is 32.4 Å². The molecule has 2 heterocycles. The first-order valence-corrected chi connectivity index (χ1v) is 8.93. The average molecular weight is 296 g/mol. The van der Waals surface area contributed by atoms with Crippen LogP contribution < -0.4 is 5.32 Å². The molecule has 2 unspecified atom stereocenters. The van der Waals surface area contributed by atoms with Crippen molar-refractivity contribution in [2.75, 3.05) is 19.6 Å². The largest absolute Gasteiger partial charge is 0.368 e. The summed E-state index contributed by atoms with van der Waals surface area (Å²) in [5, 5.41) is 3.67. The van der Waals surface area contributed by atoms with Crippen molar-refractivity contribution in [2.45, 2.75) is 90.5 Å². The summed E-state index contributed by atoms with van der Waals surface area (Å²) in [6.07, 6.45) is 5.04. The van der Waals surface area contributed by atoms with Crippen molar-refractivity contribution in [1.82, 2.24) is 10.2 Å². The second-order valence-electron chi connectivity index (χ2n) is 8.30. The van der Waals surface area contributed by atoms with Crippen molar-refractivity contribution >= 4 is 0 Å². The summed E-state index contributed by atoms with van der Waals surface area (Å²) < 4.78 is 6.28. The first-order chi connectivity index (χ1) is 9.75. The Morgan fingerprint density at radius 2 is 1.81 bits per heavy atom. The zero-order valence-corrected chi connectivity index (χ0v) is 15.0. The number of nitrogens with one attached hydrogen (secondary N) is 1. The first kappa shape index (κ1) is 17.2. The van der Waals surface area contributed by atoms with Crippen molar-refractivity contribution < 1.29 is 4.74 Å². The molecule has 2 aliphatic rings. The molecule has 2 fully saturated rings. The van der Waals surface area contributed by atoms with Crippen LogP contribution in [-0.2, 0) is 4.74 Å². The third-order valence-corrected chi connectivity index (χ3v) is 5.47. The minimum atomic E-state index is -0.0115. The highest BCUT2D eigenvalue weighted by Crippen LogP contribution is 2.41. The van der Waals surface area contributed by atoms with Crippen LogP contribution >= 0.6 is 0 Å². The molecule has 0 aromatic heterocycles. The summed E-state index contributed by atoms with van der Waals surface area (Å²) >= 11 is 0. The van der Waals surface area contributed by atoms with Gasteiger partial charge in [0.05, 0.1) is 11.2 Å². The molecule has 21 heavy (non-hydrogen) atoms. The lowest BCUT2D eigenvalue weighted by Crippen LogP contribution is -2.51. The van der Waals surface area contributed by atoms with Gasteiger partial charge in [-0.1, -0.05) is 6.92 Å². The number of piperidine rings is 1. The van der Waals surface area contributed by atoms with E-state index in [0.717, 1.165) is 18.9 Å². The van der Waals surface area contributed by atoms with Crippen LogP contribution in [0.4, 0.5) is 0 Å². The number of ether oxygens (including phenoxy) is 1. The third kappa shape index (κ3) is 4.20. The summed E-state index contributed by atoms with van der Waals surface area (Å²) in [5.41, 5.74) is 0.0173. The summed E-state index contributed by atoms with van der Waals surface area (Å²) in [6, 6.07) is 1.24. The Morgan fingerprint density at radius 3 is 2.29 bits per heavy atom. The maximum atomic E-state index is 6.28. The van der Waals surface area contributed by atoms with Gasteiger partial charge in [0, 0.05) is 12.1 Å². The van der Waals surface area contributed by atoms with E-state index in [-0.39, 0.29) is 11.2 Å². The normalized spacial score (nSPS) is 31.4. The lowest BCUT2D eigenvalue weighted by atomic mass is 9.86. The Labute approximate surface area is 131 Å². The molecule has 0 spiro atoms. The van der Waals surface area contributed by atoms with Gasteiger partial charge in [0.1, 0.15) is 0 Å². The molecule has 2 atom stereocenters. The van der Waals surface area contributed by atoms with E-state index in [9.17, 15) is 0 Å². The summed E-state index contributed by atoms with van der Waals surface area (Å²) in [6.45, 7) is 17.2. The van der Waals surface area contributed by atoms with Gasteiger partial charge in [-0.2, -0.15) is 0 Å². The highest BCUT2D eigenvalue weighted by atomic mass is 16.5. The van der Waals surface area contributed by atoms with E-state index in [0.29, 0.717) is 12.1 Å². The van der Waals surface area contributed by atoms with Crippen LogP contribution in [0.15, 0.2) is 0 Å². The average Bonchev–Trinajstić information content (AvgIpc) is 2.64. The maximum absolute atomic E-state index is 6.28. The molecule has 0 aromatic rings. The second kappa shape index (κ2) is 6.55. The van der Waals surface area contributed by atoms with Crippen LogP contribution in [0.2, 0.25) is 0 Å². The van der Waals surface area contributed by atoms with Crippen LogP contribution in [0, 0.1) is 5.92 Å². The van der Waals surface area contributed by atoms with Crippen molar-refractivity contribution in [1.29, 1.82) is 0 Å². The molecule has 3 nitrogen and oxygen atoms in total. The lowest BCUT2D eigenvalue weighted by Gasteiger charge is -2.42. The molecule has 0 saturated carbocycles. The molecular weight excluding hydrogens is 260 g/mol. The molecule has 0 amide bonds. The van der Waals surface area contributed by atoms with Gasteiger partial charge < -0.3 is 10.1 Å². The van der Waals surface area contributed by atoms with Gasteiger partial charge in [0.15, 0.2) is 0 Å². The number of nitrogens with zero attached hydrogens (tertiary/aromatic N) is 1. The van der Waals surface area contributed by atoms with Crippen molar-refractivity contribution in [2.24, 2.45) is 5.92 Å². The molecule has 3 heteroatoms. The van der Waals surface area contributed by atoms with E-state index in [2.05, 4.69) is 51.8 Å². The predicted octanol–water partition coefficient (Wildman–Crippen LogP) is 3.43. The minimum absolute atomic E-state index is 0.0115. The smallest absolute Gasteiger partial charge is 0.0789 e. The SMILES string of the molecule is CCCNC(C)C1CCN(C2CC(C)(C)OC2(C)C)CC1. The van der Waals surface area contributed by atoms with Gasteiger partial charge in [0.25, 0.3) is 0 Å². The Bertz CT molecular complexity index is 332. The Balaban J connectivity index is 1.86. The number of hydrogen-bond acceptors (Lipinski definition) is 3. The van der Waals surface area contributed by atoms with Crippen LogP contribution in [0.25, 0.3) is 0 Å². The Morgan fingerprint density at radius 1 is 1.19 bits per heavy atom. The molecule has 0 radical (unpaired) electrons. The van der Waals surface area contributed by atoms with Crippen LogP contribution in [-0.4, -0.2) is 47.8 Å². The van der Waals surface area contributed by atoms with Gasteiger partial charge in [-0.25, -0.2) is 0 Å². The third-order valence-electron chi connectivity index (χ3n) is 5.47. The van der Waals surface area contributed by atoms with Gasteiger partial charge in [-0.05, 0) is 85.9 Å². The molecule has 0 aromatic carbocycles. The second-order valence-corrected chi connectivity index (χ2v) is 8.30. The van der Waals surface area contributed by atoms with Gasteiger partial charge >= 0.3 is 0 Å². The highest BCUT2D eigenvalue weighted by molar-refractivity contribution is 5.01. The molecular formula is C18H36N2O. The van der Waals surface area contributed by atoms with E-state index < -0.39 is 0 Å². The monoisotopic (exact) mass is 296 g/mol. The topological polar surface area (TPSA) is 24.5 Å². The first-order valence-electron chi connectivity index (χ1n) is 8.93. The van der Waals surface area contributed by atoms with Gasteiger partial charge in [-0.15, -0.1) is 0 Å². The van der Waals surface area contributed by atoms with E-state index in [4.69, 9.17) is 4.74 Å². The fourth-order valence-electron chi connectivity index (χ4n) is 4.37. The van der Waals surface area contributed by atoms with E-state index in [1.807, 2.05) is 0 Å². The predicted molar refractivity (Wildman–Crippen MR) is 89.7 cm³/mol. The quantitative estimate of drug-likeness (QED) is 0.841. The van der Waals surface area contributed by atoms with Gasteiger partial charge in [-0.3, -0.25) is 4.90 Å². The Kier molecular flexibility index (Phi) is 5.38. The van der Waals surface area contributed by atoms with Crippen molar-refractivity contribution in [3.63, 3.8) is 0 Å². The van der Waals surface area contributed by atoms with Crippen molar-refractivity contribution in [3.8, 4) is 0 Å². The molecule has 0 aliphatic carbocycles. The summed E-state index contributed by atoms with van der Waals surface area (Å²) in [5.74, 6) is 0.839.